The van der Waals surface area contributed by atoms with Crippen LogP contribution in [-0.4, -0.2) is 29.8 Å². The summed E-state index contributed by atoms with van der Waals surface area (Å²) in [7, 11) is 0. The van der Waals surface area contributed by atoms with E-state index in [9.17, 15) is 4.79 Å². The van der Waals surface area contributed by atoms with Gasteiger partial charge in [-0.2, -0.15) is 0 Å². The lowest BCUT2D eigenvalue weighted by molar-refractivity contribution is -0.122. The van der Waals surface area contributed by atoms with E-state index >= 15 is 0 Å². The van der Waals surface area contributed by atoms with Crippen LogP contribution >= 0.6 is 0 Å². The normalized spacial score (nSPS) is 18.8. The maximum Gasteiger partial charge on any atom is 0.135 e. The van der Waals surface area contributed by atoms with Gasteiger partial charge in [0.05, 0.1) is 0 Å². The van der Waals surface area contributed by atoms with Crippen LogP contribution in [0.1, 0.15) is 66.2 Å². The van der Waals surface area contributed by atoms with Crippen molar-refractivity contribution in [3.63, 3.8) is 0 Å². The fourth-order valence-corrected chi connectivity index (χ4v) is 2.78. The zero-order valence-corrected chi connectivity index (χ0v) is 12.7. The molecule has 0 spiro atoms. The lowest BCUT2D eigenvalue weighted by Gasteiger charge is -2.34. The summed E-state index contributed by atoms with van der Waals surface area (Å²) in [4.78, 5) is 14.1. The third-order valence-electron chi connectivity index (χ3n) is 4.31. The maximum atomic E-state index is 11.5. The molecule has 0 aromatic carbocycles. The second kappa shape index (κ2) is 7.93. The topological polar surface area (TPSA) is 20.3 Å². The number of likely N-dealkylation sites (tertiary alicyclic amines) is 1. The number of Topliss-reactive ketones (excluding diaryl/α,β-unsaturated/α-hetero) is 1. The number of unbranched alkanes of at least 4 members (excludes halogenated alkanes) is 1. The highest BCUT2D eigenvalue weighted by Crippen LogP contribution is 2.24. The summed E-state index contributed by atoms with van der Waals surface area (Å²) in [6.45, 7) is 11.1. The van der Waals surface area contributed by atoms with Crippen molar-refractivity contribution in [2.24, 2.45) is 11.8 Å². The molecule has 0 bridgehead atoms. The van der Waals surface area contributed by atoms with Gasteiger partial charge in [0, 0.05) is 18.4 Å². The van der Waals surface area contributed by atoms with Gasteiger partial charge in [0.25, 0.3) is 0 Å². The minimum absolute atomic E-state index is 0.222. The molecule has 0 unspecified atom stereocenters. The average Bonchev–Trinajstić information content (AvgIpc) is 2.34. The number of hydrogen-bond donors (Lipinski definition) is 0. The molecule has 1 heterocycles. The minimum Gasteiger partial charge on any atom is -0.301 e. The summed E-state index contributed by atoms with van der Waals surface area (Å²) in [6, 6.07) is 0.703. The first kappa shape index (κ1) is 15.7. The Hall–Kier alpha value is -0.370. The van der Waals surface area contributed by atoms with Gasteiger partial charge in [-0.25, -0.2) is 0 Å². The molecule has 1 aliphatic rings. The van der Waals surface area contributed by atoms with Crippen LogP contribution < -0.4 is 0 Å². The van der Waals surface area contributed by atoms with Crippen LogP contribution in [0, 0.1) is 11.8 Å². The van der Waals surface area contributed by atoms with Crippen LogP contribution in [-0.2, 0) is 4.79 Å². The summed E-state index contributed by atoms with van der Waals surface area (Å²) in [6.07, 6.45) is 7.18. The Morgan fingerprint density at radius 2 is 1.72 bits per heavy atom. The first-order valence-corrected chi connectivity index (χ1v) is 7.77. The summed E-state index contributed by atoms with van der Waals surface area (Å²) in [5, 5.41) is 0. The van der Waals surface area contributed by atoms with Gasteiger partial charge in [-0.15, -0.1) is 0 Å². The number of hydrogen-bond acceptors (Lipinski definition) is 2. The van der Waals surface area contributed by atoms with Crippen LogP contribution in [0.4, 0.5) is 0 Å². The lowest BCUT2D eigenvalue weighted by Crippen LogP contribution is -2.38. The molecule has 1 aliphatic heterocycles. The molecule has 1 fully saturated rings. The third kappa shape index (κ3) is 5.51. The van der Waals surface area contributed by atoms with Gasteiger partial charge in [-0.05, 0) is 52.1 Å². The minimum atomic E-state index is 0.222. The SMILES string of the molecule is CC(C)C(=O)CCCCC1CCN(C(C)C)CC1. The molecule has 2 nitrogen and oxygen atoms in total. The Morgan fingerprint density at radius 3 is 2.22 bits per heavy atom. The molecule has 0 saturated carbocycles. The van der Waals surface area contributed by atoms with Crippen LogP contribution in [0.15, 0.2) is 0 Å². The Balaban J connectivity index is 2.06. The predicted octanol–water partition coefficient (Wildman–Crippen LogP) is 3.89. The standard InChI is InChI=1S/C16H31NO/c1-13(2)16(18)8-6-5-7-15-9-11-17(12-10-15)14(3)4/h13-15H,5-12H2,1-4H3. The summed E-state index contributed by atoms with van der Waals surface area (Å²) in [5.41, 5.74) is 0. The fourth-order valence-electron chi connectivity index (χ4n) is 2.78. The van der Waals surface area contributed by atoms with E-state index in [0.29, 0.717) is 11.8 Å². The van der Waals surface area contributed by atoms with Crippen LogP contribution in [0.5, 0.6) is 0 Å². The Bertz CT molecular complexity index is 239. The van der Waals surface area contributed by atoms with Crippen molar-refractivity contribution in [3.05, 3.63) is 0 Å². The zero-order chi connectivity index (χ0) is 13.5. The molecule has 2 heteroatoms. The Kier molecular flexibility index (Phi) is 6.91. The average molecular weight is 253 g/mol. The van der Waals surface area contributed by atoms with Gasteiger partial charge in [0.2, 0.25) is 0 Å². The molecule has 0 aromatic rings. The van der Waals surface area contributed by atoms with Crippen molar-refractivity contribution in [2.45, 2.75) is 72.3 Å². The lowest BCUT2D eigenvalue weighted by atomic mass is 9.90. The first-order chi connectivity index (χ1) is 8.50. The summed E-state index contributed by atoms with van der Waals surface area (Å²) < 4.78 is 0. The highest BCUT2D eigenvalue weighted by Gasteiger charge is 2.20. The van der Waals surface area contributed by atoms with E-state index in [0.717, 1.165) is 18.8 Å². The largest absolute Gasteiger partial charge is 0.301 e. The van der Waals surface area contributed by atoms with Gasteiger partial charge in [0.1, 0.15) is 5.78 Å². The molecule has 106 valence electrons. The van der Waals surface area contributed by atoms with Gasteiger partial charge in [0.15, 0.2) is 0 Å². The van der Waals surface area contributed by atoms with Gasteiger partial charge in [-0.3, -0.25) is 4.79 Å². The van der Waals surface area contributed by atoms with E-state index in [2.05, 4.69) is 18.7 Å². The van der Waals surface area contributed by atoms with Crippen molar-refractivity contribution in [3.8, 4) is 0 Å². The second-order valence-electron chi connectivity index (χ2n) is 6.44. The van der Waals surface area contributed by atoms with Gasteiger partial charge >= 0.3 is 0 Å². The number of nitrogens with zero attached hydrogens (tertiary/aromatic N) is 1. The van der Waals surface area contributed by atoms with E-state index in [1.807, 2.05) is 13.8 Å². The zero-order valence-electron chi connectivity index (χ0n) is 12.7. The smallest absolute Gasteiger partial charge is 0.135 e. The summed E-state index contributed by atoms with van der Waals surface area (Å²) in [5.74, 6) is 1.57. The predicted molar refractivity (Wildman–Crippen MR) is 77.7 cm³/mol. The number of carbonyl (C=O) groups excluding carboxylic acids is 1. The van der Waals surface area contributed by atoms with Crippen LogP contribution in [0.3, 0.4) is 0 Å². The number of piperidine rings is 1. The number of rotatable bonds is 7. The van der Waals surface area contributed by atoms with Crippen molar-refractivity contribution >= 4 is 5.78 Å². The van der Waals surface area contributed by atoms with Crippen molar-refractivity contribution in [1.82, 2.24) is 4.90 Å². The van der Waals surface area contributed by atoms with Gasteiger partial charge < -0.3 is 4.90 Å². The van der Waals surface area contributed by atoms with Crippen molar-refractivity contribution < 1.29 is 4.79 Å². The quantitative estimate of drug-likeness (QED) is 0.642. The molecule has 0 N–H and O–H groups in total. The molecule has 18 heavy (non-hydrogen) atoms. The Labute approximate surface area is 113 Å². The highest BCUT2D eigenvalue weighted by atomic mass is 16.1. The second-order valence-corrected chi connectivity index (χ2v) is 6.44. The molecule has 0 aliphatic carbocycles. The van der Waals surface area contributed by atoms with E-state index in [1.54, 1.807) is 0 Å². The van der Waals surface area contributed by atoms with Crippen LogP contribution in [0.2, 0.25) is 0 Å². The van der Waals surface area contributed by atoms with Crippen molar-refractivity contribution in [2.75, 3.05) is 13.1 Å². The molecular formula is C16H31NO. The third-order valence-corrected chi connectivity index (χ3v) is 4.31. The maximum absolute atomic E-state index is 11.5. The van der Waals surface area contributed by atoms with E-state index in [4.69, 9.17) is 0 Å². The molecule has 0 aromatic heterocycles. The molecule has 0 atom stereocenters. The Morgan fingerprint density at radius 1 is 1.11 bits per heavy atom. The number of carbonyl (C=O) groups is 1. The molecule has 0 radical (unpaired) electrons. The molecule has 0 amide bonds. The van der Waals surface area contributed by atoms with E-state index in [-0.39, 0.29) is 5.92 Å². The molecule has 1 rings (SSSR count). The van der Waals surface area contributed by atoms with Gasteiger partial charge in [-0.1, -0.05) is 26.7 Å². The van der Waals surface area contributed by atoms with Crippen LogP contribution in [0.25, 0.3) is 0 Å². The number of ketones is 1. The molecule has 1 saturated heterocycles. The van der Waals surface area contributed by atoms with E-state index in [1.165, 1.54) is 38.8 Å². The molecular weight excluding hydrogens is 222 g/mol. The fraction of sp³-hybridized carbons (Fsp3) is 0.938. The highest BCUT2D eigenvalue weighted by molar-refractivity contribution is 5.80. The van der Waals surface area contributed by atoms with E-state index < -0.39 is 0 Å². The first-order valence-electron chi connectivity index (χ1n) is 7.77. The summed E-state index contributed by atoms with van der Waals surface area (Å²) >= 11 is 0. The monoisotopic (exact) mass is 253 g/mol. The van der Waals surface area contributed by atoms with Crippen molar-refractivity contribution in [1.29, 1.82) is 0 Å².